The Bertz CT molecular complexity index is 319. The Kier molecular flexibility index (Phi) is 3.01. The maximum atomic E-state index is 4.36. The van der Waals surface area contributed by atoms with Crippen LogP contribution in [0.2, 0.25) is 0 Å². The van der Waals surface area contributed by atoms with Gasteiger partial charge < -0.3 is 5.32 Å². The fraction of sp³-hybridized carbons (Fsp3) is 0.444. The Morgan fingerprint density at radius 3 is 3.08 bits per heavy atom. The first-order chi connectivity index (χ1) is 6.34. The highest BCUT2D eigenvalue weighted by Crippen LogP contribution is 2.21. The lowest BCUT2D eigenvalue weighted by atomic mass is 10.3. The molecule has 1 aromatic rings. The molecule has 2 nitrogen and oxygen atoms in total. The number of nitrogens with zero attached hydrogens (tertiary/aromatic N) is 1. The Labute approximate surface area is 90.2 Å². The van der Waals surface area contributed by atoms with Crippen molar-refractivity contribution in [2.24, 2.45) is 4.99 Å². The first-order valence-corrected chi connectivity index (χ1v) is 5.97. The summed E-state index contributed by atoms with van der Waals surface area (Å²) < 4.78 is 1.19. The average molecular weight is 259 g/mol. The number of hydrogen-bond donors (Lipinski definition) is 1. The minimum Gasteiger partial charge on any atom is -0.369 e. The van der Waals surface area contributed by atoms with Crippen molar-refractivity contribution in [1.82, 2.24) is 5.32 Å². The van der Waals surface area contributed by atoms with E-state index in [1.807, 2.05) is 0 Å². The van der Waals surface area contributed by atoms with Crippen LogP contribution in [0.3, 0.4) is 0 Å². The molecule has 1 aromatic heterocycles. The zero-order chi connectivity index (χ0) is 9.10. The first kappa shape index (κ1) is 9.21. The summed E-state index contributed by atoms with van der Waals surface area (Å²) in [6.45, 7) is 1.91. The van der Waals surface area contributed by atoms with Crippen LogP contribution in [-0.4, -0.2) is 12.4 Å². The standard InChI is InChI=1S/C9H11BrN2S/c10-8-4-3-7(13-8)6-12-9-2-1-5-11-9/h3-4H,1-2,5-6H2,(H,11,12). The van der Waals surface area contributed by atoms with Crippen LogP contribution in [0.15, 0.2) is 20.9 Å². The minimum atomic E-state index is 0.912. The molecule has 0 spiro atoms. The number of nitrogens with one attached hydrogen (secondary N) is 1. The topological polar surface area (TPSA) is 24.4 Å². The number of aliphatic imine (C=N–C) groups is 1. The van der Waals surface area contributed by atoms with Crippen LogP contribution in [0.1, 0.15) is 17.7 Å². The van der Waals surface area contributed by atoms with E-state index in [1.54, 1.807) is 11.3 Å². The Hall–Kier alpha value is -0.350. The van der Waals surface area contributed by atoms with Gasteiger partial charge in [-0.2, -0.15) is 0 Å². The molecule has 0 aromatic carbocycles. The fourth-order valence-corrected chi connectivity index (χ4v) is 2.74. The van der Waals surface area contributed by atoms with Gasteiger partial charge in [0.15, 0.2) is 0 Å². The van der Waals surface area contributed by atoms with Gasteiger partial charge in [0.25, 0.3) is 0 Å². The van der Waals surface area contributed by atoms with E-state index in [0.717, 1.165) is 19.5 Å². The zero-order valence-corrected chi connectivity index (χ0v) is 9.62. The van der Waals surface area contributed by atoms with Crippen molar-refractivity contribution in [3.05, 3.63) is 20.8 Å². The molecule has 1 aliphatic rings. The van der Waals surface area contributed by atoms with Crippen LogP contribution in [0.5, 0.6) is 0 Å². The highest BCUT2D eigenvalue weighted by Gasteiger charge is 2.05. The van der Waals surface area contributed by atoms with E-state index in [2.05, 4.69) is 38.4 Å². The zero-order valence-electron chi connectivity index (χ0n) is 7.22. The van der Waals surface area contributed by atoms with Gasteiger partial charge in [-0.1, -0.05) is 0 Å². The van der Waals surface area contributed by atoms with Gasteiger partial charge in [-0.15, -0.1) is 11.3 Å². The highest BCUT2D eigenvalue weighted by atomic mass is 79.9. The first-order valence-electron chi connectivity index (χ1n) is 4.36. The van der Waals surface area contributed by atoms with E-state index in [-0.39, 0.29) is 0 Å². The molecule has 70 valence electrons. The molecule has 13 heavy (non-hydrogen) atoms. The average Bonchev–Trinajstić information content (AvgIpc) is 2.71. The van der Waals surface area contributed by atoms with Crippen LogP contribution in [-0.2, 0) is 6.54 Å². The summed E-state index contributed by atoms with van der Waals surface area (Å²) in [4.78, 5) is 5.70. The van der Waals surface area contributed by atoms with Crippen LogP contribution >= 0.6 is 27.3 Å². The van der Waals surface area contributed by atoms with Gasteiger partial charge in [0.1, 0.15) is 0 Å². The Morgan fingerprint density at radius 2 is 2.46 bits per heavy atom. The summed E-state index contributed by atoms with van der Waals surface area (Å²) in [5.74, 6) is 1.17. The van der Waals surface area contributed by atoms with Crippen molar-refractivity contribution in [3.63, 3.8) is 0 Å². The number of thiophene rings is 1. The fourth-order valence-electron chi connectivity index (χ4n) is 1.32. The maximum Gasteiger partial charge on any atom is 0.0966 e. The largest absolute Gasteiger partial charge is 0.369 e. The number of halogens is 1. The van der Waals surface area contributed by atoms with Gasteiger partial charge in [0.05, 0.1) is 16.2 Å². The van der Waals surface area contributed by atoms with Crippen molar-refractivity contribution in [3.8, 4) is 0 Å². The maximum absolute atomic E-state index is 4.36. The second-order valence-electron chi connectivity index (χ2n) is 2.99. The molecule has 0 fully saturated rings. The lowest BCUT2D eigenvalue weighted by molar-refractivity contribution is 0.901. The van der Waals surface area contributed by atoms with Crippen molar-refractivity contribution in [2.45, 2.75) is 19.4 Å². The van der Waals surface area contributed by atoms with E-state index in [0.29, 0.717) is 0 Å². The highest BCUT2D eigenvalue weighted by molar-refractivity contribution is 9.11. The third-order valence-electron chi connectivity index (χ3n) is 1.97. The molecule has 0 aliphatic carbocycles. The molecule has 1 aliphatic heterocycles. The molecular weight excluding hydrogens is 248 g/mol. The predicted molar refractivity (Wildman–Crippen MR) is 60.4 cm³/mol. The van der Waals surface area contributed by atoms with E-state index in [4.69, 9.17) is 0 Å². The van der Waals surface area contributed by atoms with Gasteiger partial charge in [0, 0.05) is 17.8 Å². The SMILES string of the molecule is Brc1ccc(CNC2=NCCC2)s1. The second-order valence-corrected chi connectivity index (χ2v) is 5.54. The molecule has 2 heterocycles. The van der Waals surface area contributed by atoms with Gasteiger partial charge in [0.2, 0.25) is 0 Å². The molecule has 0 saturated heterocycles. The monoisotopic (exact) mass is 258 g/mol. The van der Waals surface area contributed by atoms with Gasteiger partial charge in [-0.3, -0.25) is 4.99 Å². The molecule has 1 N–H and O–H groups in total. The van der Waals surface area contributed by atoms with Gasteiger partial charge in [-0.05, 0) is 34.5 Å². The molecule has 0 radical (unpaired) electrons. The lowest BCUT2D eigenvalue weighted by Gasteiger charge is -2.02. The van der Waals surface area contributed by atoms with Crippen molar-refractivity contribution < 1.29 is 0 Å². The number of hydrogen-bond acceptors (Lipinski definition) is 3. The lowest BCUT2D eigenvalue weighted by Crippen LogP contribution is -2.19. The molecular formula is C9H11BrN2S. The summed E-state index contributed by atoms with van der Waals surface area (Å²) >= 11 is 5.22. The third-order valence-corrected chi connectivity index (χ3v) is 3.59. The van der Waals surface area contributed by atoms with E-state index >= 15 is 0 Å². The summed E-state index contributed by atoms with van der Waals surface area (Å²) in [7, 11) is 0. The van der Waals surface area contributed by atoms with Crippen LogP contribution in [0.4, 0.5) is 0 Å². The third kappa shape index (κ3) is 2.54. The summed E-state index contributed by atoms with van der Waals surface area (Å²) in [5, 5.41) is 3.35. The molecule has 0 unspecified atom stereocenters. The minimum absolute atomic E-state index is 0.912. The molecule has 0 bridgehead atoms. The molecule has 0 atom stereocenters. The van der Waals surface area contributed by atoms with E-state index < -0.39 is 0 Å². The molecule has 0 saturated carbocycles. The summed E-state index contributed by atoms with van der Waals surface area (Å²) in [5.41, 5.74) is 0. The molecule has 0 amide bonds. The van der Waals surface area contributed by atoms with Crippen molar-refractivity contribution in [2.75, 3.05) is 6.54 Å². The van der Waals surface area contributed by atoms with Crippen molar-refractivity contribution in [1.29, 1.82) is 0 Å². The Morgan fingerprint density at radius 1 is 1.54 bits per heavy atom. The number of amidine groups is 1. The van der Waals surface area contributed by atoms with Crippen LogP contribution in [0, 0.1) is 0 Å². The van der Waals surface area contributed by atoms with Crippen LogP contribution in [0.25, 0.3) is 0 Å². The van der Waals surface area contributed by atoms with E-state index in [9.17, 15) is 0 Å². The molecule has 2 rings (SSSR count). The summed E-state index contributed by atoms with van der Waals surface area (Å²) in [6.07, 6.45) is 2.32. The molecule has 4 heteroatoms. The quantitative estimate of drug-likeness (QED) is 0.867. The summed E-state index contributed by atoms with van der Waals surface area (Å²) in [6, 6.07) is 4.22. The van der Waals surface area contributed by atoms with Gasteiger partial charge in [-0.25, -0.2) is 0 Å². The van der Waals surface area contributed by atoms with Crippen molar-refractivity contribution >= 4 is 33.1 Å². The normalized spacial score (nSPS) is 15.9. The van der Waals surface area contributed by atoms with E-state index in [1.165, 1.54) is 20.9 Å². The Balaban J connectivity index is 1.85. The number of rotatable bonds is 2. The second kappa shape index (κ2) is 4.24. The predicted octanol–water partition coefficient (Wildman–Crippen LogP) is 2.79. The smallest absolute Gasteiger partial charge is 0.0966 e. The van der Waals surface area contributed by atoms with Crippen LogP contribution < -0.4 is 5.32 Å². The van der Waals surface area contributed by atoms with Gasteiger partial charge >= 0.3 is 0 Å².